The molecule has 0 heterocycles. The van der Waals surface area contributed by atoms with Crippen LogP contribution in [0.2, 0.25) is 0 Å². The van der Waals surface area contributed by atoms with Crippen LogP contribution in [0.25, 0.3) is 0 Å². The van der Waals surface area contributed by atoms with Gasteiger partial charge in [-0.3, -0.25) is 14.4 Å². The van der Waals surface area contributed by atoms with Gasteiger partial charge in [-0.1, -0.05) is 42.5 Å². The maximum atomic E-state index is 12.9. The maximum Gasteiger partial charge on any atom is 0.259 e. The second-order valence-corrected chi connectivity index (χ2v) is 6.52. The molecule has 0 aromatic heterocycles. The van der Waals surface area contributed by atoms with Crippen LogP contribution in [-0.4, -0.2) is 29.4 Å². The normalized spacial score (nSPS) is 10.1. The molecule has 0 spiro atoms. The second-order valence-electron chi connectivity index (χ2n) is 6.52. The predicted octanol–water partition coefficient (Wildman–Crippen LogP) is 3.81. The van der Waals surface area contributed by atoms with Crippen molar-refractivity contribution in [2.45, 2.75) is 0 Å². The molecule has 31 heavy (non-hydrogen) atoms. The third kappa shape index (κ3) is 5.16. The molecule has 3 amide bonds. The summed E-state index contributed by atoms with van der Waals surface area (Å²) in [7, 11) is 0. The molecule has 4 N–H and O–H groups in total. The molecular weight excluding hydrogens is 394 g/mol. The maximum absolute atomic E-state index is 12.9. The smallest absolute Gasteiger partial charge is 0.259 e. The van der Waals surface area contributed by atoms with Gasteiger partial charge >= 0.3 is 0 Å². The first-order chi connectivity index (χ1) is 15.0. The van der Waals surface area contributed by atoms with E-state index in [4.69, 9.17) is 0 Å². The minimum Gasteiger partial charge on any atom is -0.507 e. The van der Waals surface area contributed by atoms with Crippen molar-refractivity contribution in [2.75, 3.05) is 17.2 Å². The zero-order valence-corrected chi connectivity index (χ0v) is 16.6. The number of nitrogens with one attached hydrogen (secondary N) is 3. The number of aromatic hydroxyl groups is 1. The Morgan fingerprint density at radius 3 is 1.71 bits per heavy atom. The molecule has 0 aliphatic rings. The zero-order valence-electron chi connectivity index (χ0n) is 16.6. The summed E-state index contributed by atoms with van der Waals surface area (Å²) in [6, 6.07) is 19.2. The summed E-state index contributed by atoms with van der Waals surface area (Å²) in [4.78, 5) is 37.8. The van der Waals surface area contributed by atoms with Crippen LogP contribution in [0.5, 0.6) is 5.75 Å². The molecule has 0 saturated carbocycles. The van der Waals surface area contributed by atoms with Gasteiger partial charge in [0.05, 0.1) is 28.1 Å². The molecule has 7 nitrogen and oxygen atoms in total. The van der Waals surface area contributed by atoms with Gasteiger partial charge in [0, 0.05) is 6.54 Å². The first-order valence-electron chi connectivity index (χ1n) is 9.49. The van der Waals surface area contributed by atoms with Gasteiger partial charge in [0.2, 0.25) is 0 Å². The van der Waals surface area contributed by atoms with Crippen molar-refractivity contribution >= 4 is 29.1 Å². The van der Waals surface area contributed by atoms with Crippen LogP contribution in [0.4, 0.5) is 11.4 Å². The summed E-state index contributed by atoms with van der Waals surface area (Å²) in [6.07, 6.45) is 1.56. The fraction of sp³-hybridized carbons (Fsp3) is 0.0417. The van der Waals surface area contributed by atoms with E-state index in [-0.39, 0.29) is 28.5 Å². The van der Waals surface area contributed by atoms with E-state index in [0.717, 1.165) is 0 Å². The Bertz CT molecular complexity index is 1140. The van der Waals surface area contributed by atoms with Crippen LogP contribution < -0.4 is 16.0 Å². The Morgan fingerprint density at radius 1 is 0.710 bits per heavy atom. The second kappa shape index (κ2) is 9.89. The van der Waals surface area contributed by atoms with Gasteiger partial charge in [-0.25, -0.2) is 0 Å². The number of carbonyl (C=O) groups is 3. The van der Waals surface area contributed by atoms with E-state index < -0.39 is 11.8 Å². The Hall–Kier alpha value is -4.39. The topological polar surface area (TPSA) is 108 Å². The molecule has 156 valence electrons. The quantitative estimate of drug-likeness (QED) is 0.440. The Kier molecular flexibility index (Phi) is 6.80. The van der Waals surface area contributed by atoms with Crippen LogP contribution in [-0.2, 0) is 0 Å². The van der Waals surface area contributed by atoms with Gasteiger partial charge in [0.25, 0.3) is 17.7 Å². The number of amides is 3. The molecule has 0 unspecified atom stereocenters. The fourth-order valence-electron chi connectivity index (χ4n) is 2.89. The Labute approximate surface area is 179 Å². The number of hydrogen-bond acceptors (Lipinski definition) is 4. The summed E-state index contributed by atoms with van der Waals surface area (Å²) in [5, 5.41) is 17.9. The predicted molar refractivity (Wildman–Crippen MR) is 119 cm³/mol. The first-order valence-corrected chi connectivity index (χ1v) is 9.49. The van der Waals surface area contributed by atoms with E-state index >= 15 is 0 Å². The van der Waals surface area contributed by atoms with E-state index in [1.165, 1.54) is 12.1 Å². The molecule has 0 bridgehead atoms. The highest BCUT2D eigenvalue weighted by Crippen LogP contribution is 2.22. The molecule has 0 saturated heterocycles. The molecule has 7 heteroatoms. The number of rotatable bonds is 7. The highest BCUT2D eigenvalue weighted by atomic mass is 16.3. The third-order valence-electron chi connectivity index (χ3n) is 4.40. The lowest BCUT2D eigenvalue weighted by molar-refractivity contribution is 0.0957. The van der Waals surface area contributed by atoms with Crippen molar-refractivity contribution in [3.05, 3.63) is 102 Å². The summed E-state index contributed by atoms with van der Waals surface area (Å²) in [5.41, 5.74) is 1.18. The van der Waals surface area contributed by atoms with Gasteiger partial charge in [0.15, 0.2) is 0 Å². The van der Waals surface area contributed by atoms with E-state index in [1.54, 1.807) is 66.7 Å². The van der Waals surface area contributed by atoms with Gasteiger partial charge in [-0.15, -0.1) is 6.58 Å². The lowest BCUT2D eigenvalue weighted by atomic mass is 10.1. The van der Waals surface area contributed by atoms with Gasteiger partial charge < -0.3 is 21.1 Å². The van der Waals surface area contributed by atoms with Crippen molar-refractivity contribution < 1.29 is 19.5 Å². The van der Waals surface area contributed by atoms with Crippen molar-refractivity contribution in [1.82, 2.24) is 5.32 Å². The summed E-state index contributed by atoms with van der Waals surface area (Å²) in [6.45, 7) is 3.86. The van der Waals surface area contributed by atoms with Crippen molar-refractivity contribution in [3.8, 4) is 5.75 Å². The SMILES string of the molecule is C=CCNC(=O)c1ccccc1NC(=O)c1ccccc1NC(=O)c1ccccc1O. The molecule has 0 aliphatic heterocycles. The molecular formula is C24H21N3O4. The molecule has 0 aliphatic carbocycles. The highest BCUT2D eigenvalue weighted by Gasteiger charge is 2.18. The average molecular weight is 415 g/mol. The third-order valence-corrected chi connectivity index (χ3v) is 4.40. The van der Waals surface area contributed by atoms with E-state index in [1.807, 2.05) is 0 Å². The minimum atomic E-state index is -0.553. The monoisotopic (exact) mass is 415 g/mol. The molecule has 0 atom stereocenters. The van der Waals surface area contributed by atoms with Crippen molar-refractivity contribution in [3.63, 3.8) is 0 Å². The summed E-state index contributed by atoms with van der Waals surface area (Å²) in [5.74, 6) is -1.57. The van der Waals surface area contributed by atoms with Crippen LogP contribution in [0.15, 0.2) is 85.5 Å². The number of phenolic OH excluding ortho intramolecular Hbond substituents is 1. The molecule has 0 fully saturated rings. The van der Waals surface area contributed by atoms with Crippen LogP contribution in [0, 0.1) is 0 Å². The highest BCUT2D eigenvalue weighted by molar-refractivity contribution is 6.14. The molecule has 0 radical (unpaired) electrons. The van der Waals surface area contributed by atoms with Crippen molar-refractivity contribution in [2.24, 2.45) is 0 Å². The number of carbonyl (C=O) groups excluding carboxylic acids is 3. The average Bonchev–Trinajstić information content (AvgIpc) is 2.78. The standard InChI is InChI=1S/C24H21N3O4/c1-2-15-25-22(29)16-9-3-6-12-19(16)26-23(30)17-10-4-7-13-20(17)27-24(31)18-11-5-8-14-21(18)28/h2-14,28H,1,15H2,(H,25,29)(H,26,30)(H,27,31). The molecule has 3 aromatic rings. The van der Waals surface area contributed by atoms with E-state index in [9.17, 15) is 19.5 Å². The Morgan fingerprint density at radius 2 is 1.16 bits per heavy atom. The first kappa shape index (κ1) is 21.3. The van der Waals surface area contributed by atoms with Crippen LogP contribution in [0.3, 0.4) is 0 Å². The fourth-order valence-corrected chi connectivity index (χ4v) is 2.89. The molecule has 3 aromatic carbocycles. The number of benzene rings is 3. The number of para-hydroxylation sites is 3. The van der Waals surface area contributed by atoms with E-state index in [0.29, 0.717) is 17.8 Å². The molecule has 3 rings (SSSR count). The summed E-state index contributed by atoms with van der Waals surface area (Å²) >= 11 is 0. The number of anilines is 2. The minimum absolute atomic E-state index is 0.0851. The van der Waals surface area contributed by atoms with Gasteiger partial charge in [-0.05, 0) is 36.4 Å². The lowest BCUT2D eigenvalue weighted by Gasteiger charge is -2.14. The van der Waals surface area contributed by atoms with E-state index in [2.05, 4.69) is 22.5 Å². The number of hydrogen-bond donors (Lipinski definition) is 4. The lowest BCUT2D eigenvalue weighted by Crippen LogP contribution is -2.25. The number of phenols is 1. The largest absolute Gasteiger partial charge is 0.507 e. The van der Waals surface area contributed by atoms with Crippen LogP contribution in [0.1, 0.15) is 31.1 Å². The van der Waals surface area contributed by atoms with Gasteiger partial charge in [0.1, 0.15) is 5.75 Å². The van der Waals surface area contributed by atoms with Crippen LogP contribution >= 0.6 is 0 Å². The van der Waals surface area contributed by atoms with Gasteiger partial charge in [-0.2, -0.15) is 0 Å². The zero-order chi connectivity index (χ0) is 22.2. The van der Waals surface area contributed by atoms with Crippen molar-refractivity contribution in [1.29, 1.82) is 0 Å². The summed E-state index contributed by atoms with van der Waals surface area (Å²) < 4.78 is 0. The Balaban J connectivity index is 1.83.